The van der Waals surface area contributed by atoms with Gasteiger partial charge in [0, 0.05) is 11.5 Å². The lowest BCUT2D eigenvalue weighted by molar-refractivity contribution is -0.137. The average Bonchev–Trinajstić information content (AvgIpc) is 3.13. The molecule has 1 aliphatic carbocycles. The van der Waals surface area contributed by atoms with E-state index in [9.17, 15) is 18.3 Å². The molecule has 2 atom stereocenters. The minimum Gasteiger partial charge on any atom is -0.507 e. The van der Waals surface area contributed by atoms with Crippen molar-refractivity contribution < 1.29 is 23.0 Å². The van der Waals surface area contributed by atoms with Crippen molar-refractivity contribution in [1.29, 1.82) is 0 Å². The zero-order chi connectivity index (χ0) is 20.8. The van der Waals surface area contributed by atoms with Crippen LogP contribution in [-0.4, -0.2) is 37.1 Å². The Balaban J connectivity index is 1.59. The van der Waals surface area contributed by atoms with Crippen molar-refractivity contribution in [1.82, 2.24) is 19.7 Å². The number of phenolic OH excluding ortho intramolecular Hbond substituents is 1. The molecule has 0 unspecified atom stereocenters. The van der Waals surface area contributed by atoms with Gasteiger partial charge in [-0.05, 0) is 44.9 Å². The van der Waals surface area contributed by atoms with E-state index in [0.29, 0.717) is 29.8 Å². The van der Waals surface area contributed by atoms with Crippen molar-refractivity contribution in [2.24, 2.45) is 5.92 Å². The van der Waals surface area contributed by atoms with Crippen molar-refractivity contribution >= 4 is 11.2 Å². The van der Waals surface area contributed by atoms with Gasteiger partial charge in [-0.3, -0.25) is 4.68 Å². The normalized spacial score (nSPS) is 25.4. The minimum absolute atomic E-state index is 0.217. The van der Waals surface area contributed by atoms with Gasteiger partial charge in [0.25, 0.3) is 0 Å². The number of hydrogen-bond acceptors (Lipinski definition) is 5. The molecule has 29 heavy (non-hydrogen) atoms. The molecule has 5 rings (SSSR count). The van der Waals surface area contributed by atoms with Crippen LogP contribution >= 0.6 is 0 Å². The van der Waals surface area contributed by atoms with E-state index >= 15 is 0 Å². The lowest BCUT2D eigenvalue weighted by atomic mass is 9.96. The number of aromatic hydroxyl groups is 1. The highest BCUT2D eigenvalue weighted by molar-refractivity contribution is 5.77. The quantitative estimate of drug-likeness (QED) is 0.698. The second kappa shape index (κ2) is 5.47. The molecule has 1 saturated heterocycles. The third kappa shape index (κ3) is 2.49. The summed E-state index contributed by atoms with van der Waals surface area (Å²) >= 11 is 0. The number of aryl methyl sites for hydroxylation is 1. The van der Waals surface area contributed by atoms with E-state index in [-0.39, 0.29) is 28.0 Å². The van der Waals surface area contributed by atoms with Gasteiger partial charge >= 0.3 is 6.18 Å². The van der Waals surface area contributed by atoms with E-state index in [4.69, 9.17) is 4.74 Å². The van der Waals surface area contributed by atoms with Crippen LogP contribution in [0.3, 0.4) is 0 Å². The number of alkyl halides is 3. The monoisotopic (exact) mass is 404 g/mol. The molecule has 3 aromatic rings. The topological polar surface area (TPSA) is 73.1 Å². The Kier molecular flexibility index (Phi) is 3.46. The highest BCUT2D eigenvalue weighted by Gasteiger charge is 2.70. The second-order valence-electron chi connectivity index (χ2n) is 8.37. The molecule has 0 amide bonds. The summed E-state index contributed by atoms with van der Waals surface area (Å²) in [6.45, 7) is 6.28. The van der Waals surface area contributed by atoms with Crippen LogP contribution in [0.25, 0.3) is 22.4 Å². The number of rotatable bonds is 2. The molecule has 2 aliphatic rings. The summed E-state index contributed by atoms with van der Waals surface area (Å²) in [6, 6.07) is 1.70. The lowest BCUT2D eigenvalue weighted by Gasteiger charge is -2.30. The summed E-state index contributed by atoms with van der Waals surface area (Å²) in [5.74, 6) is -0.0935. The molecule has 2 fully saturated rings. The van der Waals surface area contributed by atoms with Gasteiger partial charge in [-0.1, -0.05) is 0 Å². The fourth-order valence-electron chi connectivity index (χ4n) is 4.63. The van der Waals surface area contributed by atoms with E-state index in [1.807, 2.05) is 24.7 Å². The van der Waals surface area contributed by atoms with Crippen molar-refractivity contribution in [2.45, 2.75) is 44.5 Å². The Morgan fingerprint density at radius 3 is 2.62 bits per heavy atom. The Morgan fingerprint density at radius 1 is 1.28 bits per heavy atom. The number of halogens is 3. The van der Waals surface area contributed by atoms with Crippen molar-refractivity contribution in [3.63, 3.8) is 0 Å². The zero-order valence-electron chi connectivity index (χ0n) is 16.1. The first-order chi connectivity index (χ1) is 13.5. The highest BCUT2D eigenvalue weighted by Crippen LogP contribution is 2.63. The fraction of sp³-hybridized carbons (Fsp3) is 0.450. The number of hydrogen-bond donors (Lipinski definition) is 1. The molecule has 0 bridgehead atoms. The van der Waals surface area contributed by atoms with Gasteiger partial charge in [0.2, 0.25) is 0 Å². The van der Waals surface area contributed by atoms with Crippen molar-refractivity contribution in [2.75, 3.05) is 6.61 Å². The van der Waals surface area contributed by atoms with Gasteiger partial charge in [0.05, 0.1) is 41.4 Å². The first-order valence-electron chi connectivity index (χ1n) is 9.31. The molecular formula is C20H19F3N4O2. The Morgan fingerprint density at radius 2 is 2.03 bits per heavy atom. The van der Waals surface area contributed by atoms with Crippen LogP contribution in [-0.2, 0) is 16.5 Å². The zero-order valence-corrected chi connectivity index (χ0v) is 16.1. The molecular weight excluding hydrogens is 385 g/mol. The predicted octanol–water partition coefficient (Wildman–Crippen LogP) is 4.05. The van der Waals surface area contributed by atoms with Crippen LogP contribution in [0.2, 0.25) is 0 Å². The highest BCUT2D eigenvalue weighted by atomic mass is 19.4. The Bertz CT molecular complexity index is 1130. The van der Waals surface area contributed by atoms with Crippen LogP contribution in [0.5, 0.6) is 5.75 Å². The summed E-state index contributed by atoms with van der Waals surface area (Å²) in [6.07, 6.45) is -0.283. The van der Waals surface area contributed by atoms with E-state index in [1.54, 1.807) is 0 Å². The summed E-state index contributed by atoms with van der Waals surface area (Å²) < 4.78 is 46.7. The van der Waals surface area contributed by atoms with Gasteiger partial charge < -0.3 is 9.84 Å². The smallest absolute Gasteiger partial charge is 0.416 e. The van der Waals surface area contributed by atoms with Gasteiger partial charge in [-0.15, -0.1) is 5.10 Å². The van der Waals surface area contributed by atoms with Gasteiger partial charge in [-0.2, -0.15) is 13.2 Å². The predicted molar refractivity (Wildman–Crippen MR) is 98.3 cm³/mol. The number of aromatic nitrogens is 4. The molecule has 2 aromatic heterocycles. The molecule has 1 N–H and O–H groups in total. The maximum Gasteiger partial charge on any atom is 0.416 e. The molecule has 6 nitrogen and oxygen atoms in total. The summed E-state index contributed by atoms with van der Waals surface area (Å²) in [4.78, 5) is 8.85. The summed E-state index contributed by atoms with van der Waals surface area (Å²) in [7, 11) is 0. The maximum atomic E-state index is 13.0. The maximum absolute atomic E-state index is 13.0. The molecule has 0 radical (unpaired) electrons. The molecule has 1 aliphatic heterocycles. The van der Waals surface area contributed by atoms with Crippen molar-refractivity contribution in [3.8, 4) is 17.0 Å². The van der Waals surface area contributed by atoms with Crippen LogP contribution in [0.15, 0.2) is 24.5 Å². The van der Waals surface area contributed by atoms with E-state index in [0.717, 1.165) is 12.5 Å². The number of fused-ring (bicyclic) bond motifs is 2. The molecule has 1 saturated carbocycles. The molecule has 3 heterocycles. The number of nitrogens with zero attached hydrogens (tertiary/aromatic N) is 4. The summed E-state index contributed by atoms with van der Waals surface area (Å²) in [5, 5.41) is 14.9. The number of benzene rings is 1. The van der Waals surface area contributed by atoms with E-state index in [2.05, 4.69) is 15.1 Å². The molecule has 0 spiro atoms. The minimum atomic E-state index is -4.54. The SMILES string of the molecule is Cc1cc(C(F)(F)F)cc(O)c1-c1cnc2cn([C@@]34C[C@@H]3COC4(C)C)nc2n1. The van der Waals surface area contributed by atoms with Crippen LogP contribution in [0.1, 0.15) is 31.4 Å². The van der Waals surface area contributed by atoms with Crippen molar-refractivity contribution in [3.05, 3.63) is 35.7 Å². The third-order valence-corrected chi connectivity index (χ3v) is 6.30. The number of phenols is 1. The van der Waals surface area contributed by atoms with Crippen LogP contribution in [0.4, 0.5) is 13.2 Å². The van der Waals surface area contributed by atoms with Gasteiger partial charge in [-0.25, -0.2) is 9.97 Å². The molecule has 152 valence electrons. The Labute approximate surface area is 164 Å². The first kappa shape index (κ1) is 18.4. The van der Waals surface area contributed by atoms with Gasteiger partial charge in [0.15, 0.2) is 5.65 Å². The molecule has 9 heteroatoms. The standard InChI is InChI=1S/C20H19F3N4O2/c1-10-4-11(20(21,22)23)5-15(28)16(10)13-7-24-14-8-27(26-17(14)25-13)19-6-12(19)9-29-18(19,2)3/h4-5,7-8,12,28H,6,9H2,1-3H3/t12-,19+/m1/s1. The van der Waals surface area contributed by atoms with Gasteiger partial charge in [0.1, 0.15) is 11.3 Å². The fourth-order valence-corrected chi connectivity index (χ4v) is 4.63. The lowest BCUT2D eigenvalue weighted by Crippen LogP contribution is -2.40. The summed E-state index contributed by atoms with van der Waals surface area (Å²) in [5.41, 5.74) is 0.234. The largest absolute Gasteiger partial charge is 0.507 e. The Hall–Kier alpha value is -2.68. The third-order valence-electron chi connectivity index (χ3n) is 6.30. The van der Waals surface area contributed by atoms with E-state index in [1.165, 1.54) is 13.1 Å². The first-order valence-corrected chi connectivity index (χ1v) is 9.31. The van der Waals surface area contributed by atoms with Crippen LogP contribution < -0.4 is 0 Å². The second-order valence-corrected chi connectivity index (χ2v) is 8.37. The average molecular weight is 404 g/mol. The molecule has 1 aromatic carbocycles. The van der Waals surface area contributed by atoms with Crippen LogP contribution in [0, 0.1) is 12.8 Å². The van der Waals surface area contributed by atoms with E-state index < -0.39 is 17.5 Å². The number of ether oxygens (including phenoxy) is 1.